The number of nitrogen functional groups attached to an aromatic ring is 1. The third-order valence-corrected chi connectivity index (χ3v) is 6.61. The third-order valence-electron chi connectivity index (χ3n) is 6.61. The summed E-state index contributed by atoms with van der Waals surface area (Å²) in [6, 6.07) is 8.01. The van der Waals surface area contributed by atoms with Crippen LogP contribution in [0.2, 0.25) is 0 Å². The average Bonchev–Trinajstić information content (AvgIpc) is 3.48. The number of fused-ring (bicyclic) bond motifs is 2. The average molecular weight is 524 g/mol. The molecule has 13 heteroatoms. The number of piperazine rings is 1. The van der Waals surface area contributed by atoms with Crippen LogP contribution in [0.1, 0.15) is 25.5 Å². The number of nitrogens with zero attached hydrogens (tertiary/aromatic N) is 8. The van der Waals surface area contributed by atoms with E-state index in [1.165, 1.54) is 18.6 Å². The minimum Gasteiger partial charge on any atom is -0.424 e. The van der Waals surface area contributed by atoms with Crippen molar-refractivity contribution in [3.63, 3.8) is 0 Å². The quantitative estimate of drug-likeness (QED) is 0.363. The molecule has 196 valence electrons. The second-order valence-corrected chi connectivity index (χ2v) is 9.36. The molecule has 0 saturated carbocycles. The Morgan fingerprint density at radius 2 is 1.71 bits per heavy atom. The SMILES string of the molecule is CC(C)n1nc(-c2ccc3oc(N)nc3c2)c2c(N3CCN(c4ncccc4C(F)(F)F)CC3)ncnc21. The van der Waals surface area contributed by atoms with E-state index < -0.39 is 11.7 Å². The Morgan fingerprint density at radius 3 is 2.42 bits per heavy atom. The van der Waals surface area contributed by atoms with Gasteiger partial charge in [-0.3, -0.25) is 0 Å². The standard InChI is InChI=1S/C25H24F3N9O/c1-14(2)37-23-19(20(34-37)15-5-6-18-17(12-15)33-24(29)38-18)22(31-13-32-23)36-10-8-35(9-11-36)21-16(25(26,27)28)4-3-7-30-21/h3-7,12-14H,8-11H2,1-2H3,(H2,29,33). The topological polar surface area (TPSA) is 115 Å². The molecule has 10 nitrogen and oxygen atoms in total. The number of benzene rings is 1. The van der Waals surface area contributed by atoms with Crippen LogP contribution in [0.4, 0.5) is 30.8 Å². The predicted molar refractivity (Wildman–Crippen MR) is 137 cm³/mol. The summed E-state index contributed by atoms with van der Waals surface area (Å²) < 4.78 is 48.0. The van der Waals surface area contributed by atoms with E-state index in [2.05, 4.69) is 24.8 Å². The van der Waals surface area contributed by atoms with Crippen LogP contribution in [0, 0.1) is 0 Å². The third kappa shape index (κ3) is 4.03. The number of halogens is 3. The van der Waals surface area contributed by atoms with Crippen molar-refractivity contribution in [2.45, 2.75) is 26.1 Å². The molecular formula is C25H24F3N9O. The van der Waals surface area contributed by atoms with Crippen LogP contribution in [0.3, 0.4) is 0 Å². The largest absolute Gasteiger partial charge is 0.424 e. The molecule has 1 aromatic carbocycles. The first kappa shape index (κ1) is 23.9. The lowest BCUT2D eigenvalue weighted by Gasteiger charge is -2.37. The van der Waals surface area contributed by atoms with Gasteiger partial charge in [-0.15, -0.1) is 0 Å². The number of anilines is 3. The van der Waals surface area contributed by atoms with Crippen LogP contribution in [-0.4, -0.2) is 55.9 Å². The predicted octanol–water partition coefficient (Wildman–Crippen LogP) is 4.54. The van der Waals surface area contributed by atoms with Crippen LogP contribution in [0.15, 0.2) is 47.3 Å². The highest BCUT2D eigenvalue weighted by atomic mass is 19.4. The van der Waals surface area contributed by atoms with Gasteiger partial charge < -0.3 is 20.0 Å². The fourth-order valence-electron chi connectivity index (χ4n) is 4.85. The van der Waals surface area contributed by atoms with Crippen LogP contribution in [-0.2, 0) is 6.18 Å². The molecule has 0 atom stereocenters. The second kappa shape index (κ2) is 8.85. The van der Waals surface area contributed by atoms with Gasteiger partial charge in [0.05, 0.1) is 10.9 Å². The van der Waals surface area contributed by atoms with E-state index in [1.54, 1.807) is 11.0 Å². The highest BCUT2D eigenvalue weighted by molar-refractivity contribution is 6.00. The van der Waals surface area contributed by atoms with Crippen molar-refractivity contribution in [1.29, 1.82) is 0 Å². The summed E-state index contributed by atoms with van der Waals surface area (Å²) in [4.78, 5) is 21.1. The molecule has 6 rings (SSSR count). The smallest absolute Gasteiger partial charge is 0.419 e. The van der Waals surface area contributed by atoms with Crippen LogP contribution in [0.25, 0.3) is 33.4 Å². The van der Waals surface area contributed by atoms with Gasteiger partial charge in [0.25, 0.3) is 6.01 Å². The highest BCUT2D eigenvalue weighted by Gasteiger charge is 2.36. The first-order valence-corrected chi connectivity index (χ1v) is 12.1. The maximum atomic E-state index is 13.6. The zero-order chi connectivity index (χ0) is 26.6. The Morgan fingerprint density at radius 1 is 0.974 bits per heavy atom. The molecule has 1 fully saturated rings. The van der Waals surface area contributed by atoms with Crippen LogP contribution in [0.5, 0.6) is 0 Å². The van der Waals surface area contributed by atoms with Crippen molar-refractivity contribution in [1.82, 2.24) is 29.7 Å². The van der Waals surface area contributed by atoms with E-state index in [0.29, 0.717) is 54.4 Å². The van der Waals surface area contributed by atoms with Crippen LogP contribution >= 0.6 is 0 Å². The number of hydrogen-bond acceptors (Lipinski definition) is 9. The first-order chi connectivity index (χ1) is 18.2. The summed E-state index contributed by atoms with van der Waals surface area (Å²) in [6.07, 6.45) is -1.59. The van der Waals surface area contributed by atoms with E-state index in [0.717, 1.165) is 17.0 Å². The fourth-order valence-corrected chi connectivity index (χ4v) is 4.85. The summed E-state index contributed by atoms with van der Waals surface area (Å²) in [5.41, 5.74) is 8.32. The van der Waals surface area contributed by atoms with Gasteiger partial charge in [-0.2, -0.15) is 23.3 Å². The van der Waals surface area contributed by atoms with Crippen molar-refractivity contribution >= 4 is 39.8 Å². The van der Waals surface area contributed by atoms with Gasteiger partial charge in [0.2, 0.25) is 0 Å². The number of rotatable bonds is 4. The number of hydrogen-bond donors (Lipinski definition) is 1. The summed E-state index contributed by atoms with van der Waals surface area (Å²) in [5, 5.41) is 5.65. The number of nitrogens with two attached hydrogens (primary N) is 1. The zero-order valence-electron chi connectivity index (χ0n) is 20.6. The Hall–Kier alpha value is -4.42. The number of alkyl halides is 3. The van der Waals surface area contributed by atoms with Crippen molar-refractivity contribution < 1.29 is 17.6 Å². The van der Waals surface area contributed by atoms with Gasteiger partial charge in [0.15, 0.2) is 11.2 Å². The Balaban J connectivity index is 1.39. The summed E-state index contributed by atoms with van der Waals surface area (Å²) in [5.74, 6) is 0.620. The summed E-state index contributed by atoms with van der Waals surface area (Å²) in [6.45, 7) is 5.63. The van der Waals surface area contributed by atoms with Crippen molar-refractivity contribution in [2.24, 2.45) is 0 Å². The molecule has 0 spiro atoms. The van der Waals surface area contributed by atoms with Gasteiger partial charge in [-0.1, -0.05) is 0 Å². The zero-order valence-corrected chi connectivity index (χ0v) is 20.6. The molecule has 0 amide bonds. The Bertz CT molecular complexity index is 1630. The van der Waals surface area contributed by atoms with E-state index in [-0.39, 0.29) is 17.9 Å². The van der Waals surface area contributed by atoms with E-state index in [1.807, 2.05) is 30.7 Å². The molecule has 4 aromatic heterocycles. The lowest BCUT2D eigenvalue weighted by Crippen LogP contribution is -2.47. The molecular weight excluding hydrogens is 499 g/mol. The minimum atomic E-state index is -4.48. The van der Waals surface area contributed by atoms with E-state index in [4.69, 9.17) is 15.2 Å². The number of oxazole rings is 1. The lowest BCUT2D eigenvalue weighted by molar-refractivity contribution is -0.137. The van der Waals surface area contributed by atoms with Crippen LogP contribution < -0.4 is 15.5 Å². The molecule has 2 N–H and O–H groups in total. The fraction of sp³-hybridized carbons (Fsp3) is 0.320. The molecule has 5 aromatic rings. The number of pyridine rings is 1. The molecule has 1 saturated heterocycles. The molecule has 0 radical (unpaired) electrons. The maximum absolute atomic E-state index is 13.6. The van der Waals surface area contributed by atoms with Gasteiger partial charge in [-0.25, -0.2) is 19.6 Å². The normalized spacial score (nSPS) is 14.8. The first-order valence-electron chi connectivity index (χ1n) is 12.1. The van der Waals surface area contributed by atoms with Gasteiger partial charge in [0, 0.05) is 44.0 Å². The van der Waals surface area contributed by atoms with Gasteiger partial charge >= 0.3 is 6.18 Å². The van der Waals surface area contributed by atoms with E-state index in [9.17, 15) is 13.2 Å². The lowest BCUT2D eigenvalue weighted by atomic mass is 10.1. The van der Waals surface area contributed by atoms with Gasteiger partial charge in [0.1, 0.15) is 29.2 Å². The molecule has 1 aliphatic rings. The molecule has 1 aliphatic heterocycles. The van der Waals surface area contributed by atoms with Gasteiger partial charge in [-0.05, 0) is 44.2 Å². The van der Waals surface area contributed by atoms with E-state index >= 15 is 0 Å². The Labute approximate surface area is 214 Å². The van der Waals surface area contributed by atoms with Crippen molar-refractivity contribution in [3.05, 3.63) is 48.4 Å². The van der Waals surface area contributed by atoms with Crippen molar-refractivity contribution in [3.8, 4) is 11.3 Å². The number of aromatic nitrogens is 6. The monoisotopic (exact) mass is 523 g/mol. The maximum Gasteiger partial charge on any atom is 0.419 e. The molecule has 38 heavy (non-hydrogen) atoms. The van der Waals surface area contributed by atoms with Crippen molar-refractivity contribution in [2.75, 3.05) is 41.7 Å². The molecule has 0 aliphatic carbocycles. The minimum absolute atomic E-state index is 0.0298. The molecule has 0 bridgehead atoms. The summed E-state index contributed by atoms with van der Waals surface area (Å²) in [7, 11) is 0. The molecule has 5 heterocycles. The Kier molecular flexibility index (Phi) is 5.58. The highest BCUT2D eigenvalue weighted by Crippen LogP contribution is 2.38. The summed E-state index contributed by atoms with van der Waals surface area (Å²) >= 11 is 0. The molecule has 0 unspecified atom stereocenters. The second-order valence-electron chi connectivity index (χ2n) is 9.36.